The highest BCUT2D eigenvalue weighted by Gasteiger charge is 2.17. The van der Waals surface area contributed by atoms with Crippen LogP contribution >= 0.6 is 0 Å². The molecule has 1 rings (SSSR count). The van der Waals surface area contributed by atoms with Crippen LogP contribution in [0.3, 0.4) is 0 Å². The van der Waals surface area contributed by atoms with E-state index in [0.29, 0.717) is 12.3 Å². The SMILES string of the molecule is CCCNCc1ccccc1OC(C)C(=O)NC(=O)NC. The van der Waals surface area contributed by atoms with Gasteiger partial charge in [0, 0.05) is 19.2 Å². The van der Waals surface area contributed by atoms with Crippen LogP contribution in [-0.4, -0.2) is 31.6 Å². The molecule has 1 aromatic rings. The first-order valence-corrected chi connectivity index (χ1v) is 7.06. The van der Waals surface area contributed by atoms with Crippen LogP contribution in [0.2, 0.25) is 0 Å². The molecule has 1 unspecified atom stereocenters. The smallest absolute Gasteiger partial charge is 0.321 e. The molecule has 0 aliphatic rings. The molecule has 3 N–H and O–H groups in total. The standard InChI is InChI=1S/C15H23N3O3/c1-4-9-17-10-12-7-5-6-8-13(12)21-11(2)14(19)18-15(20)16-3/h5-8,11,17H,4,9-10H2,1-3H3,(H2,16,18,19,20). The van der Waals surface area contributed by atoms with Crippen LogP contribution in [0.25, 0.3) is 0 Å². The molecule has 1 atom stereocenters. The van der Waals surface area contributed by atoms with Crippen molar-refractivity contribution in [3.05, 3.63) is 29.8 Å². The van der Waals surface area contributed by atoms with Gasteiger partial charge >= 0.3 is 6.03 Å². The molecule has 0 heterocycles. The largest absolute Gasteiger partial charge is 0.481 e. The number of ether oxygens (including phenoxy) is 1. The second-order valence-electron chi connectivity index (χ2n) is 4.61. The molecule has 0 bridgehead atoms. The summed E-state index contributed by atoms with van der Waals surface area (Å²) in [6.45, 7) is 5.30. The lowest BCUT2D eigenvalue weighted by atomic mass is 10.2. The average Bonchev–Trinajstić information content (AvgIpc) is 2.48. The third kappa shape index (κ3) is 5.83. The average molecular weight is 293 g/mol. The normalized spacial score (nSPS) is 11.6. The Morgan fingerprint density at radius 3 is 2.67 bits per heavy atom. The molecule has 1 aromatic carbocycles. The van der Waals surface area contributed by atoms with E-state index in [1.807, 2.05) is 24.3 Å². The van der Waals surface area contributed by atoms with E-state index in [4.69, 9.17) is 4.74 Å². The molecule has 0 aromatic heterocycles. The molecule has 0 aliphatic carbocycles. The minimum absolute atomic E-state index is 0.481. The highest BCUT2D eigenvalue weighted by molar-refractivity contribution is 5.96. The highest BCUT2D eigenvalue weighted by Crippen LogP contribution is 2.19. The molecule has 0 aliphatic heterocycles. The van der Waals surface area contributed by atoms with Gasteiger partial charge in [-0.2, -0.15) is 0 Å². The fourth-order valence-corrected chi connectivity index (χ4v) is 1.68. The van der Waals surface area contributed by atoms with Crippen molar-refractivity contribution in [2.75, 3.05) is 13.6 Å². The van der Waals surface area contributed by atoms with E-state index in [1.54, 1.807) is 6.92 Å². The van der Waals surface area contributed by atoms with Gasteiger partial charge in [0.15, 0.2) is 6.10 Å². The third-order valence-corrected chi connectivity index (χ3v) is 2.85. The van der Waals surface area contributed by atoms with Crippen molar-refractivity contribution in [1.29, 1.82) is 0 Å². The predicted molar refractivity (Wildman–Crippen MR) is 81.1 cm³/mol. The summed E-state index contributed by atoms with van der Waals surface area (Å²) in [5, 5.41) is 7.81. The second kappa shape index (κ2) is 8.97. The number of amides is 3. The first-order valence-electron chi connectivity index (χ1n) is 7.06. The van der Waals surface area contributed by atoms with E-state index in [1.165, 1.54) is 7.05 Å². The quantitative estimate of drug-likeness (QED) is 0.664. The molecule has 0 saturated heterocycles. The summed E-state index contributed by atoms with van der Waals surface area (Å²) in [5.41, 5.74) is 0.977. The number of rotatable bonds is 7. The Kier molecular flexibility index (Phi) is 7.25. The van der Waals surface area contributed by atoms with Crippen LogP contribution in [0.5, 0.6) is 5.75 Å². The van der Waals surface area contributed by atoms with Crippen molar-refractivity contribution in [3.63, 3.8) is 0 Å². The van der Waals surface area contributed by atoms with Crippen molar-refractivity contribution < 1.29 is 14.3 Å². The van der Waals surface area contributed by atoms with Crippen molar-refractivity contribution >= 4 is 11.9 Å². The summed E-state index contributed by atoms with van der Waals surface area (Å²) in [4.78, 5) is 22.9. The van der Waals surface area contributed by atoms with E-state index in [9.17, 15) is 9.59 Å². The summed E-state index contributed by atoms with van der Waals surface area (Å²) in [6, 6.07) is 6.98. The lowest BCUT2D eigenvalue weighted by Crippen LogP contribution is -2.44. The zero-order valence-corrected chi connectivity index (χ0v) is 12.7. The molecule has 21 heavy (non-hydrogen) atoms. The third-order valence-electron chi connectivity index (χ3n) is 2.85. The number of carbonyl (C=O) groups is 2. The maximum atomic E-state index is 11.8. The van der Waals surface area contributed by atoms with E-state index in [0.717, 1.165) is 18.5 Å². The van der Waals surface area contributed by atoms with Gasteiger partial charge in [-0.25, -0.2) is 4.79 Å². The number of carbonyl (C=O) groups excluding carboxylic acids is 2. The van der Waals surface area contributed by atoms with Gasteiger partial charge in [-0.1, -0.05) is 25.1 Å². The number of hydrogen-bond donors (Lipinski definition) is 3. The van der Waals surface area contributed by atoms with Crippen molar-refractivity contribution in [3.8, 4) is 5.75 Å². The molecule has 6 nitrogen and oxygen atoms in total. The molecule has 0 spiro atoms. The van der Waals surface area contributed by atoms with Gasteiger partial charge in [0.2, 0.25) is 0 Å². The Balaban J connectivity index is 2.64. The number of urea groups is 1. The summed E-state index contributed by atoms with van der Waals surface area (Å²) >= 11 is 0. The van der Waals surface area contributed by atoms with Crippen molar-refractivity contribution in [1.82, 2.24) is 16.0 Å². The Labute approximate surface area is 125 Å². The lowest BCUT2D eigenvalue weighted by molar-refractivity contribution is -0.126. The van der Waals surface area contributed by atoms with Crippen LogP contribution in [0.4, 0.5) is 4.79 Å². The summed E-state index contributed by atoms with van der Waals surface area (Å²) in [7, 11) is 1.45. The van der Waals surface area contributed by atoms with Crippen molar-refractivity contribution in [2.45, 2.75) is 32.9 Å². The predicted octanol–water partition coefficient (Wildman–Crippen LogP) is 1.41. The van der Waals surface area contributed by atoms with Crippen LogP contribution in [-0.2, 0) is 11.3 Å². The topological polar surface area (TPSA) is 79.5 Å². The van der Waals surface area contributed by atoms with Crippen LogP contribution in [0.1, 0.15) is 25.8 Å². The molecule has 116 valence electrons. The first-order chi connectivity index (χ1) is 10.1. The van der Waals surface area contributed by atoms with Gasteiger partial charge in [-0.05, 0) is 26.0 Å². The van der Waals surface area contributed by atoms with Gasteiger partial charge < -0.3 is 15.4 Å². The number of para-hydroxylation sites is 1. The highest BCUT2D eigenvalue weighted by atomic mass is 16.5. The van der Waals surface area contributed by atoms with Crippen LogP contribution in [0.15, 0.2) is 24.3 Å². The van der Waals surface area contributed by atoms with E-state index >= 15 is 0 Å². The van der Waals surface area contributed by atoms with Crippen LogP contribution in [0, 0.1) is 0 Å². The Bertz CT molecular complexity index is 477. The summed E-state index contributed by atoms with van der Waals surface area (Å²) in [6.07, 6.45) is 0.295. The number of hydrogen-bond acceptors (Lipinski definition) is 4. The number of nitrogens with one attached hydrogen (secondary N) is 3. The molecular weight excluding hydrogens is 270 g/mol. The van der Waals surface area contributed by atoms with Crippen LogP contribution < -0.4 is 20.7 Å². The summed E-state index contributed by atoms with van der Waals surface area (Å²) in [5.74, 6) is 0.159. The Morgan fingerprint density at radius 1 is 1.29 bits per heavy atom. The number of imide groups is 1. The molecule has 6 heteroatoms. The Morgan fingerprint density at radius 2 is 2.00 bits per heavy atom. The zero-order chi connectivity index (χ0) is 15.7. The molecule has 0 radical (unpaired) electrons. The van der Waals surface area contributed by atoms with Gasteiger partial charge in [-0.15, -0.1) is 0 Å². The molecular formula is C15H23N3O3. The molecule has 3 amide bonds. The fourth-order valence-electron chi connectivity index (χ4n) is 1.68. The second-order valence-corrected chi connectivity index (χ2v) is 4.61. The fraction of sp³-hybridized carbons (Fsp3) is 0.467. The number of benzene rings is 1. The minimum atomic E-state index is -0.755. The minimum Gasteiger partial charge on any atom is -0.481 e. The van der Waals surface area contributed by atoms with E-state index in [-0.39, 0.29) is 0 Å². The van der Waals surface area contributed by atoms with Crippen molar-refractivity contribution in [2.24, 2.45) is 0 Å². The maximum Gasteiger partial charge on any atom is 0.321 e. The molecule has 0 saturated carbocycles. The van der Waals surface area contributed by atoms with Gasteiger partial charge in [0.05, 0.1) is 0 Å². The van der Waals surface area contributed by atoms with E-state index in [2.05, 4.69) is 22.9 Å². The lowest BCUT2D eigenvalue weighted by Gasteiger charge is -2.17. The molecule has 0 fully saturated rings. The van der Waals surface area contributed by atoms with E-state index < -0.39 is 18.0 Å². The van der Waals surface area contributed by atoms with Gasteiger partial charge in [-0.3, -0.25) is 10.1 Å². The van der Waals surface area contributed by atoms with Gasteiger partial charge in [0.25, 0.3) is 5.91 Å². The monoisotopic (exact) mass is 293 g/mol. The summed E-state index contributed by atoms with van der Waals surface area (Å²) < 4.78 is 5.65. The van der Waals surface area contributed by atoms with Gasteiger partial charge in [0.1, 0.15) is 5.75 Å². The maximum absolute atomic E-state index is 11.8. The first kappa shape index (κ1) is 17.0. The Hall–Kier alpha value is -2.08. The zero-order valence-electron chi connectivity index (χ0n) is 12.7.